The monoisotopic (exact) mass is 251 g/mol. The Morgan fingerprint density at radius 1 is 1.47 bits per heavy atom. The summed E-state index contributed by atoms with van der Waals surface area (Å²) in [5, 5.41) is 16.6. The third-order valence-corrected chi connectivity index (χ3v) is 2.81. The van der Waals surface area contributed by atoms with E-state index in [1.807, 2.05) is 0 Å². The number of carbonyl (C=O) groups is 1. The molecule has 0 atom stereocenters. The van der Waals surface area contributed by atoms with Crippen molar-refractivity contribution in [3.8, 4) is 11.5 Å². The SMILES string of the molecule is Nn1c(SCC(=O)O)nnc1-c1ccccn1. The highest BCUT2D eigenvalue weighted by Crippen LogP contribution is 2.19. The number of aliphatic carboxylic acids is 1. The number of nitrogens with two attached hydrogens (primary N) is 1. The summed E-state index contributed by atoms with van der Waals surface area (Å²) >= 11 is 1.01. The van der Waals surface area contributed by atoms with Gasteiger partial charge in [-0.1, -0.05) is 17.8 Å². The van der Waals surface area contributed by atoms with Crippen LogP contribution in [0.4, 0.5) is 0 Å². The molecule has 2 aromatic heterocycles. The third-order valence-electron chi connectivity index (χ3n) is 1.88. The Kier molecular flexibility index (Phi) is 3.24. The van der Waals surface area contributed by atoms with Gasteiger partial charge in [-0.25, -0.2) is 4.68 Å². The molecule has 17 heavy (non-hydrogen) atoms. The summed E-state index contributed by atoms with van der Waals surface area (Å²) < 4.78 is 1.23. The minimum atomic E-state index is -0.933. The Balaban J connectivity index is 2.24. The van der Waals surface area contributed by atoms with E-state index >= 15 is 0 Å². The lowest BCUT2D eigenvalue weighted by atomic mass is 10.3. The second-order valence-electron chi connectivity index (χ2n) is 3.07. The van der Waals surface area contributed by atoms with E-state index in [4.69, 9.17) is 10.9 Å². The van der Waals surface area contributed by atoms with Crippen LogP contribution in [-0.4, -0.2) is 36.7 Å². The van der Waals surface area contributed by atoms with Crippen LogP contribution in [0.15, 0.2) is 29.6 Å². The van der Waals surface area contributed by atoms with Crippen LogP contribution >= 0.6 is 11.8 Å². The van der Waals surface area contributed by atoms with E-state index in [0.717, 1.165) is 11.8 Å². The van der Waals surface area contributed by atoms with Gasteiger partial charge < -0.3 is 10.9 Å². The first-order chi connectivity index (χ1) is 8.18. The van der Waals surface area contributed by atoms with Gasteiger partial charge in [-0.05, 0) is 12.1 Å². The van der Waals surface area contributed by atoms with Gasteiger partial charge in [0.1, 0.15) is 5.69 Å². The van der Waals surface area contributed by atoms with Crippen molar-refractivity contribution in [1.82, 2.24) is 19.9 Å². The van der Waals surface area contributed by atoms with Crippen molar-refractivity contribution in [2.24, 2.45) is 0 Å². The fourth-order valence-corrected chi connectivity index (χ4v) is 1.75. The van der Waals surface area contributed by atoms with E-state index in [9.17, 15) is 4.79 Å². The number of pyridine rings is 1. The maximum Gasteiger partial charge on any atom is 0.313 e. The number of thioether (sulfide) groups is 1. The molecule has 0 spiro atoms. The minimum absolute atomic E-state index is 0.114. The standard InChI is InChI=1S/C9H9N5O2S/c10-14-8(6-3-1-2-4-11-6)12-13-9(14)17-5-7(15)16/h1-4H,5,10H2,(H,15,16). The van der Waals surface area contributed by atoms with Crippen LogP contribution in [0.2, 0.25) is 0 Å². The molecule has 0 bridgehead atoms. The van der Waals surface area contributed by atoms with E-state index in [1.165, 1.54) is 4.68 Å². The van der Waals surface area contributed by atoms with Crippen molar-refractivity contribution < 1.29 is 9.90 Å². The molecule has 2 aromatic rings. The van der Waals surface area contributed by atoms with Crippen molar-refractivity contribution in [3.05, 3.63) is 24.4 Å². The number of aromatic nitrogens is 4. The van der Waals surface area contributed by atoms with Crippen LogP contribution in [0, 0.1) is 0 Å². The maximum absolute atomic E-state index is 10.4. The molecule has 2 rings (SSSR count). The summed E-state index contributed by atoms with van der Waals surface area (Å²) in [6.07, 6.45) is 1.62. The Bertz CT molecular complexity index is 527. The molecule has 0 saturated carbocycles. The van der Waals surface area contributed by atoms with Gasteiger partial charge in [0.2, 0.25) is 11.0 Å². The van der Waals surface area contributed by atoms with Crippen LogP contribution in [-0.2, 0) is 4.79 Å². The molecular formula is C9H9N5O2S. The predicted octanol–water partition coefficient (Wildman–Crippen LogP) is 0.231. The lowest BCUT2D eigenvalue weighted by Gasteiger charge is -2.01. The minimum Gasteiger partial charge on any atom is -0.481 e. The van der Waals surface area contributed by atoms with Gasteiger partial charge in [-0.15, -0.1) is 10.2 Å². The van der Waals surface area contributed by atoms with Gasteiger partial charge in [0.25, 0.3) is 0 Å². The van der Waals surface area contributed by atoms with Crippen molar-refractivity contribution in [3.63, 3.8) is 0 Å². The average molecular weight is 251 g/mol. The number of hydrogen-bond donors (Lipinski definition) is 2. The van der Waals surface area contributed by atoms with Crippen LogP contribution < -0.4 is 5.84 Å². The van der Waals surface area contributed by atoms with Crippen molar-refractivity contribution >= 4 is 17.7 Å². The quantitative estimate of drug-likeness (QED) is 0.591. The number of carboxylic acid groups (broad SMARTS) is 1. The zero-order valence-electron chi connectivity index (χ0n) is 8.65. The summed E-state index contributed by atoms with van der Waals surface area (Å²) in [7, 11) is 0. The number of hydrogen-bond acceptors (Lipinski definition) is 6. The molecule has 0 amide bonds. The first kappa shape index (κ1) is 11.4. The Hall–Kier alpha value is -2.09. The third kappa shape index (κ3) is 2.53. The van der Waals surface area contributed by atoms with Crippen LogP contribution in [0.25, 0.3) is 11.5 Å². The highest BCUT2D eigenvalue weighted by molar-refractivity contribution is 7.99. The Morgan fingerprint density at radius 3 is 2.94 bits per heavy atom. The van der Waals surface area contributed by atoms with Crippen molar-refractivity contribution in [1.29, 1.82) is 0 Å². The second kappa shape index (κ2) is 4.83. The lowest BCUT2D eigenvalue weighted by Crippen LogP contribution is -2.12. The van der Waals surface area contributed by atoms with E-state index in [0.29, 0.717) is 16.7 Å². The summed E-state index contributed by atoms with van der Waals surface area (Å²) in [5.41, 5.74) is 0.588. The second-order valence-corrected chi connectivity index (χ2v) is 4.02. The van der Waals surface area contributed by atoms with Gasteiger partial charge in [0.05, 0.1) is 5.75 Å². The summed E-state index contributed by atoms with van der Waals surface area (Å²) in [4.78, 5) is 14.5. The van der Waals surface area contributed by atoms with Gasteiger partial charge in [0.15, 0.2) is 0 Å². The van der Waals surface area contributed by atoms with Crippen LogP contribution in [0.1, 0.15) is 0 Å². The molecule has 0 aliphatic heterocycles. The zero-order valence-corrected chi connectivity index (χ0v) is 9.46. The van der Waals surface area contributed by atoms with E-state index in [-0.39, 0.29) is 5.75 Å². The zero-order chi connectivity index (χ0) is 12.3. The Labute approximate surface area is 101 Å². The molecule has 0 aromatic carbocycles. The largest absolute Gasteiger partial charge is 0.481 e. The van der Waals surface area contributed by atoms with Crippen molar-refractivity contribution in [2.45, 2.75) is 5.16 Å². The number of nitrogen functional groups attached to an aromatic ring is 1. The van der Waals surface area contributed by atoms with E-state index < -0.39 is 5.97 Å². The fourth-order valence-electron chi connectivity index (χ4n) is 1.17. The molecule has 88 valence electrons. The normalized spacial score (nSPS) is 10.4. The molecule has 7 nitrogen and oxygen atoms in total. The van der Waals surface area contributed by atoms with Gasteiger partial charge in [-0.3, -0.25) is 9.78 Å². The van der Waals surface area contributed by atoms with Crippen molar-refractivity contribution in [2.75, 3.05) is 11.6 Å². The summed E-state index contributed by atoms with van der Waals surface area (Å²) in [5.74, 6) is 5.11. The summed E-state index contributed by atoms with van der Waals surface area (Å²) in [6.45, 7) is 0. The molecule has 0 fully saturated rings. The molecule has 0 radical (unpaired) electrons. The maximum atomic E-state index is 10.4. The first-order valence-corrected chi connectivity index (χ1v) is 5.63. The molecule has 3 N–H and O–H groups in total. The average Bonchev–Trinajstić information content (AvgIpc) is 2.69. The first-order valence-electron chi connectivity index (χ1n) is 4.65. The molecule has 0 saturated heterocycles. The highest BCUT2D eigenvalue weighted by Gasteiger charge is 2.13. The molecule has 0 aliphatic rings. The number of nitrogens with zero attached hydrogens (tertiary/aromatic N) is 4. The molecule has 2 heterocycles. The smallest absolute Gasteiger partial charge is 0.313 e. The number of rotatable bonds is 4. The molecule has 0 unspecified atom stereocenters. The highest BCUT2D eigenvalue weighted by atomic mass is 32.2. The molecule has 8 heteroatoms. The van der Waals surface area contributed by atoms with Gasteiger partial charge in [0, 0.05) is 6.20 Å². The Morgan fingerprint density at radius 2 is 2.29 bits per heavy atom. The topological polar surface area (TPSA) is 107 Å². The van der Waals surface area contributed by atoms with Gasteiger partial charge >= 0.3 is 5.97 Å². The lowest BCUT2D eigenvalue weighted by molar-refractivity contribution is -0.133. The van der Waals surface area contributed by atoms with E-state index in [1.54, 1.807) is 24.4 Å². The fraction of sp³-hybridized carbons (Fsp3) is 0.111. The van der Waals surface area contributed by atoms with Crippen LogP contribution in [0.5, 0.6) is 0 Å². The van der Waals surface area contributed by atoms with E-state index in [2.05, 4.69) is 15.2 Å². The molecule has 0 aliphatic carbocycles. The van der Waals surface area contributed by atoms with Crippen LogP contribution in [0.3, 0.4) is 0 Å². The van der Waals surface area contributed by atoms with Gasteiger partial charge in [-0.2, -0.15) is 0 Å². The summed E-state index contributed by atoms with van der Waals surface area (Å²) in [6, 6.07) is 5.33. The molecular weight excluding hydrogens is 242 g/mol. The number of carboxylic acids is 1. The predicted molar refractivity (Wildman–Crippen MR) is 61.8 cm³/mol.